The zero-order valence-electron chi connectivity index (χ0n) is 18.2. The average Bonchev–Trinajstić information content (AvgIpc) is 2.87. The number of amides is 1. The lowest BCUT2D eigenvalue weighted by molar-refractivity contribution is 0.0740. The maximum absolute atomic E-state index is 14.3. The van der Waals surface area contributed by atoms with Crippen molar-refractivity contribution < 1.29 is 13.9 Å². The van der Waals surface area contributed by atoms with Crippen LogP contribution >= 0.6 is 0 Å². The molecule has 0 aliphatic heterocycles. The van der Waals surface area contributed by atoms with Crippen molar-refractivity contribution in [1.29, 1.82) is 0 Å². The molecular formula is C28H25FN2O2. The minimum Gasteiger partial charge on any atom is -0.489 e. The van der Waals surface area contributed by atoms with E-state index in [1.165, 1.54) is 12.1 Å². The molecule has 0 radical (unpaired) electrons. The summed E-state index contributed by atoms with van der Waals surface area (Å²) in [5, 5.41) is 0. The van der Waals surface area contributed by atoms with Crippen molar-refractivity contribution in [2.75, 3.05) is 6.54 Å². The van der Waals surface area contributed by atoms with Crippen LogP contribution in [-0.2, 0) is 19.6 Å². The van der Waals surface area contributed by atoms with Crippen molar-refractivity contribution in [1.82, 2.24) is 9.88 Å². The van der Waals surface area contributed by atoms with Gasteiger partial charge in [0.05, 0.1) is 5.56 Å². The highest BCUT2D eigenvalue weighted by molar-refractivity contribution is 5.94. The Labute approximate surface area is 193 Å². The predicted octanol–water partition coefficient (Wildman–Crippen LogP) is 5.68. The van der Waals surface area contributed by atoms with Gasteiger partial charge in [-0.3, -0.25) is 9.78 Å². The van der Waals surface area contributed by atoms with Gasteiger partial charge in [-0.1, -0.05) is 60.7 Å². The van der Waals surface area contributed by atoms with Gasteiger partial charge in [-0.2, -0.15) is 0 Å². The maximum Gasteiger partial charge on any atom is 0.257 e. The van der Waals surface area contributed by atoms with Crippen LogP contribution in [0.15, 0.2) is 103 Å². The van der Waals surface area contributed by atoms with Crippen molar-refractivity contribution in [3.8, 4) is 5.75 Å². The molecule has 0 atom stereocenters. The zero-order chi connectivity index (χ0) is 22.9. The highest BCUT2D eigenvalue weighted by Gasteiger charge is 2.19. The summed E-state index contributed by atoms with van der Waals surface area (Å²) >= 11 is 0. The number of benzene rings is 3. The van der Waals surface area contributed by atoms with Crippen molar-refractivity contribution in [3.05, 3.63) is 131 Å². The average molecular weight is 441 g/mol. The third-order valence-corrected chi connectivity index (χ3v) is 5.30. The standard InChI is InChI=1S/C28H25FN2O2/c29-27-12-5-4-11-26(27)28(32)31(19-17-24-10-6-7-18-30-24)20-22-13-15-25(16-14-22)33-21-23-8-2-1-3-9-23/h1-16,18H,17,19-21H2. The number of hydrogen-bond acceptors (Lipinski definition) is 3. The summed E-state index contributed by atoms with van der Waals surface area (Å²) in [6.45, 7) is 1.28. The van der Waals surface area contributed by atoms with Crippen LogP contribution in [0.25, 0.3) is 0 Å². The molecule has 3 aromatic carbocycles. The number of halogens is 1. The van der Waals surface area contributed by atoms with Crippen LogP contribution in [0.5, 0.6) is 5.75 Å². The number of ether oxygens (including phenoxy) is 1. The van der Waals surface area contributed by atoms with Gasteiger partial charge in [-0.15, -0.1) is 0 Å². The first-order valence-corrected chi connectivity index (χ1v) is 10.9. The zero-order valence-corrected chi connectivity index (χ0v) is 18.2. The largest absolute Gasteiger partial charge is 0.489 e. The second kappa shape index (κ2) is 11.0. The summed E-state index contributed by atoms with van der Waals surface area (Å²) < 4.78 is 20.2. The topological polar surface area (TPSA) is 42.4 Å². The quantitative estimate of drug-likeness (QED) is 0.336. The monoisotopic (exact) mass is 440 g/mol. The fourth-order valence-corrected chi connectivity index (χ4v) is 3.51. The first-order chi connectivity index (χ1) is 16.2. The van der Waals surface area contributed by atoms with Gasteiger partial charge in [0, 0.05) is 31.4 Å². The molecule has 0 aliphatic rings. The van der Waals surface area contributed by atoms with Crippen LogP contribution in [0, 0.1) is 5.82 Å². The van der Waals surface area contributed by atoms with E-state index in [4.69, 9.17) is 4.74 Å². The molecule has 0 bridgehead atoms. The Hall–Kier alpha value is -3.99. The molecule has 166 valence electrons. The number of aromatic nitrogens is 1. The molecule has 0 spiro atoms. The van der Waals surface area contributed by atoms with Crippen LogP contribution in [0.2, 0.25) is 0 Å². The smallest absolute Gasteiger partial charge is 0.257 e. The van der Waals surface area contributed by atoms with Gasteiger partial charge in [0.2, 0.25) is 0 Å². The van der Waals surface area contributed by atoms with Gasteiger partial charge < -0.3 is 9.64 Å². The highest BCUT2D eigenvalue weighted by atomic mass is 19.1. The van der Waals surface area contributed by atoms with Gasteiger partial charge >= 0.3 is 0 Å². The van der Waals surface area contributed by atoms with E-state index in [9.17, 15) is 9.18 Å². The lowest BCUT2D eigenvalue weighted by Crippen LogP contribution is -2.33. The Bertz CT molecular complexity index is 1170. The molecule has 0 saturated carbocycles. The van der Waals surface area contributed by atoms with Crippen molar-refractivity contribution >= 4 is 5.91 Å². The van der Waals surface area contributed by atoms with Gasteiger partial charge in [0.25, 0.3) is 5.91 Å². The van der Waals surface area contributed by atoms with E-state index in [1.54, 1.807) is 23.2 Å². The first kappa shape index (κ1) is 22.2. The maximum atomic E-state index is 14.3. The second-order valence-corrected chi connectivity index (χ2v) is 7.70. The van der Waals surface area contributed by atoms with Crippen molar-refractivity contribution in [2.45, 2.75) is 19.6 Å². The lowest BCUT2D eigenvalue weighted by Gasteiger charge is -2.23. The number of carbonyl (C=O) groups is 1. The van der Waals surface area contributed by atoms with E-state index in [2.05, 4.69) is 4.98 Å². The molecular weight excluding hydrogens is 415 g/mol. The Morgan fingerprint density at radius 2 is 1.55 bits per heavy atom. The fourth-order valence-electron chi connectivity index (χ4n) is 3.51. The van der Waals surface area contributed by atoms with E-state index < -0.39 is 5.82 Å². The number of pyridine rings is 1. The summed E-state index contributed by atoms with van der Waals surface area (Å²) in [5.41, 5.74) is 2.99. The number of hydrogen-bond donors (Lipinski definition) is 0. The van der Waals surface area contributed by atoms with E-state index in [0.29, 0.717) is 26.1 Å². The van der Waals surface area contributed by atoms with Gasteiger partial charge in [-0.05, 0) is 47.5 Å². The molecule has 4 rings (SSSR count). The predicted molar refractivity (Wildman–Crippen MR) is 126 cm³/mol. The summed E-state index contributed by atoms with van der Waals surface area (Å²) in [5.74, 6) is -0.105. The molecule has 0 unspecified atom stereocenters. The van der Waals surface area contributed by atoms with E-state index in [-0.39, 0.29) is 11.5 Å². The van der Waals surface area contributed by atoms with Gasteiger partial charge in [0.15, 0.2) is 0 Å². The first-order valence-electron chi connectivity index (χ1n) is 10.9. The molecule has 1 heterocycles. The van der Waals surface area contributed by atoms with Crippen LogP contribution in [0.1, 0.15) is 27.2 Å². The molecule has 0 fully saturated rings. The van der Waals surface area contributed by atoms with Crippen molar-refractivity contribution in [2.24, 2.45) is 0 Å². The molecule has 0 aliphatic carbocycles. The van der Waals surface area contributed by atoms with Gasteiger partial charge in [0.1, 0.15) is 18.2 Å². The minimum absolute atomic E-state index is 0.0707. The molecule has 0 saturated heterocycles. The number of rotatable bonds is 9. The highest BCUT2D eigenvalue weighted by Crippen LogP contribution is 2.18. The third-order valence-electron chi connectivity index (χ3n) is 5.30. The lowest BCUT2D eigenvalue weighted by atomic mass is 10.1. The van der Waals surface area contributed by atoms with Crippen LogP contribution < -0.4 is 4.74 Å². The van der Waals surface area contributed by atoms with Crippen LogP contribution in [0.4, 0.5) is 4.39 Å². The summed E-state index contributed by atoms with van der Waals surface area (Å²) in [6.07, 6.45) is 2.31. The second-order valence-electron chi connectivity index (χ2n) is 7.70. The number of carbonyl (C=O) groups excluding carboxylic acids is 1. The Balaban J connectivity index is 1.45. The van der Waals surface area contributed by atoms with E-state index >= 15 is 0 Å². The Morgan fingerprint density at radius 1 is 0.818 bits per heavy atom. The van der Waals surface area contributed by atoms with Crippen LogP contribution in [0.3, 0.4) is 0 Å². The third kappa shape index (κ3) is 6.26. The number of nitrogens with zero attached hydrogens (tertiary/aromatic N) is 2. The molecule has 1 amide bonds. The molecule has 4 nitrogen and oxygen atoms in total. The van der Waals surface area contributed by atoms with E-state index in [1.807, 2.05) is 72.8 Å². The SMILES string of the molecule is O=C(c1ccccc1F)N(CCc1ccccn1)Cc1ccc(OCc2ccccc2)cc1. The molecule has 4 aromatic rings. The minimum atomic E-state index is -0.519. The van der Waals surface area contributed by atoms with E-state index in [0.717, 1.165) is 22.6 Å². The molecule has 1 aromatic heterocycles. The van der Waals surface area contributed by atoms with Gasteiger partial charge in [-0.25, -0.2) is 4.39 Å². The summed E-state index contributed by atoms with van der Waals surface area (Å²) in [7, 11) is 0. The molecule has 33 heavy (non-hydrogen) atoms. The Morgan fingerprint density at radius 3 is 2.27 bits per heavy atom. The Kier molecular flexibility index (Phi) is 7.44. The molecule has 0 N–H and O–H groups in total. The summed E-state index contributed by atoms with van der Waals surface area (Å²) in [6, 6.07) is 29.4. The van der Waals surface area contributed by atoms with Crippen LogP contribution in [-0.4, -0.2) is 22.3 Å². The summed E-state index contributed by atoms with van der Waals surface area (Å²) in [4.78, 5) is 19.2. The van der Waals surface area contributed by atoms with Crippen molar-refractivity contribution in [3.63, 3.8) is 0 Å². The fraction of sp³-hybridized carbons (Fsp3) is 0.143. The molecule has 5 heteroatoms. The normalized spacial score (nSPS) is 10.6.